The highest BCUT2D eigenvalue weighted by molar-refractivity contribution is 8.38. The topological polar surface area (TPSA) is 633 Å². The zero-order valence-corrected chi connectivity index (χ0v) is 63.3. The Hall–Kier alpha value is -10.5. The molecule has 9 atom stereocenters. The summed E-state index contributed by atoms with van der Waals surface area (Å²) in [6.45, 7) is 12.2. The molecule has 0 spiro atoms. The molecule has 586 valence electrons. The van der Waals surface area contributed by atoms with E-state index in [-0.39, 0.29) is 132 Å². The molecule has 107 heavy (non-hydrogen) atoms. The van der Waals surface area contributed by atoms with Crippen LogP contribution < -0.4 is 11.5 Å². The van der Waals surface area contributed by atoms with Gasteiger partial charge in [0.1, 0.15) is 0 Å². The van der Waals surface area contributed by atoms with Crippen LogP contribution in [0.25, 0.3) is 0 Å². The van der Waals surface area contributed by atoms with Gasteiger partial charge in [-0.15, -0.1) is 10.1 Å². The summed E-state index contributed by atoms with van der Waals surface area (Å²) in [7, 11) is 0. The number of nitrogens with zero attached hydrogens (tertiary/aromatic N) is 13. The van der Waals surface area contributed by atoms with Crippen molar-refractivity contribution in [1.82, 2.24) is 10.1 Å². The van der Waals surface area contributed by atoms with Crippen molar-refractivity contribution in [2.75, 3.05) is 11.5 Å². The van der Waals surface area contributed by atoms with Gasteiger partial charge in [-0.2, -0.15) is 57.3 Å². The Balaban J connectivity index is 0. The van der Waals surface area contributed by atoms with Crippen LogP contribution in [0.2, 0.25) is 0 Å². The molecule has 0 aliphatic carbocycles. The fraction of sp³-hybridized carbons (Fsp3) is 0.696. The predicted molar refractivity (Wildman–Crippen MR) is 376 cm³/mol. The Morgan fingerprint density at radius 1 is 0.421 bits per heavy atom. The highest BCUT2D eigenvalue weighted by Crippen LogP contribution is 2.42. The summed E-state index contributed by atoms with van der Waals surface area (Å²) in [6, 6.07) is 13.4. The molecule has 2 aliphatic rings. The van der Waals surface area contributed by atoms with E-state index in [4.69, 9.17) is 57.2 Å². The summed E-state index contributed by atoms with van der Waals surface area (Å²) in [5.41, 5.74) is 1.31. The molecule has 0 radical (unpaired) electrons. The zero-order chi connectivity index (χ0) is 82.4. The summed E-state index contributed by atoms with van der Waals surface area (Å²) in [5.74, 6) is -12.3. The molecule has 0 aromatic heterocycles. The van der Waals surface area contributed by atoms with Gasteiger partial charge in [0.15, 0.2) is 22.2 Å². The Bertz CT molecular complexity index is 3380. The number of carboxylic acids is 5. The fourth-order valence-corrected chi connectivity index (χ4v) is 11.6. The second-order valence-electron chi connectivity index (χ2n) is 26.9. The maximum Gasteiger partial charge on any atom is 0.333 e. The van der Waals surface area contributed by atoms with Crippen molar-refractivity contribution in [3.63, 3.8) is 0 Å². The summed E-state index contributed by atoms with van der Waals surface area (Å²) >= 11 is 2.23. The van der Waals surface area contributed by atoms with Gasteiger partial charge in [-0.25, -0.2) is 9.59 Å². The number of amides is 6. The minimum absolute atomic E-state index is 0.00303. The van der Waals surface area contributed by atoms with Crippen molar-refractivity contribution in [1.29, 1.82) is 36.8 Å². The lowest BCUT2D eigenvalue weighted by Gasteiger charge is -2.33. The second-order valence-corrected chi connectivity index (χ2v) is 29.3. The van der Waals surface area contributed by atoms with E-state index in [0.29, 0.717) is 10.1 Å². The average Bonchev–Trinajstić information content (AvgIpc) is 1.63. The molecular weight excluding hydrogens is 1440 g/mol. The van der Waals surface area contributed by atoms with Gasteiger partial charge in [0.2, 0.25) is 16.3 Å². The summed E-state index contributed by atoms with van der Waals surface area (Å²) in [5, 5.41) is 125. The van der Waals surface area contributed by atoms with Crippen LogP contribution in [0, 0.1) is 107 Å². The Morgan fingerprint density at radius 3 is 1.00 bits per heavy atom. The first-order valence-electron chi connectivity index (χ1n) is 34.2. The number of imide groups is 2. The number of thioether (sulfide) groups is 2. The predicted octanol–water partition coefficient (Wildman–Crippen LogP) is 9.77. The number of aliphatic carboxylic acids is 5. The number of azo groups is 2. The van der Waals surface area contributed by atoms with Gasteiger partial charge in [0.05, 0.1) is 83.4 Å². The molecule has 38 heteroatoms. The summed E-state index contributed by atoms with van der Waals surface area (Å²) < 4.78 is -0.0873. The van der Waals surface area contributed by atoms with Crippen LogP contribution in [0.4, 0.5) is 4.79 Å². The molecule has 0 aromatic carbocycles. The highest BCUT2D eigenvalue weighted by Gasteiger charge is 2.44. The quantitative estimate of drug-likeness (QED) is 0.0169. The molecule has 0 aromatic rings. The summed E-state index contributed by atoms with van der Waals surface area (Å²) in [6.07, 6.45) is 9.59. The van der Waals surface area contributed by atoms with Gasteiger partial charge in [-0.05, 0) is 106 Å². The lowest BCUT2D eigenvalue weighted by molar-refractivity contribution is -0.197. The van der Waals surface area contributed by atoms with E-state index < -0.39 is 127 Å². The number of carbonyl (C=O) groups excluding carboxylic acids is 9. The monoisotopic (exact) mass is 1540 g/mol. The number of nitriles is 7. The van der Waals surface area contributed by atoms with Gasteiger partial charge in [0.25, 0.3) is 23.6 Å². The van der Waals surface area contributed by atoms with Crippen molar-refractivity contribution in [2.24, 2.45) is 60.0 Å². The molecule has 0 saturated carbocycles. The van der Waals surface area contributed by atoms with Gasteiger partial charge < -0.3 is 46.7 Å². The standard InChI is InChI=1S/C22H38N2O4S2.C20H22N6O8.C15H21N3O5.C12H16N4O4/c1-3-4-5-6-7-8-9-10-11-12-15-29-21(28)30-16-18(20(24)27)22(2,17-23)14-13-19(25)26;1-19(11-21,9-7-17(31)33-25-13(27)3-4-14(25)28)23-24-20(2,12-22)10-8-18(32)34-26-15(29)5-6-16(26)30;1-14(8-16,5-3-11(19)20)7-10(13(18)23)15(2,9-17)6-4-12(21)22;1-11(7-13,5-3-9(17)18)15-16-12(2,8-14)6-4-10(19)20/h18H,3-16H2,1-2H3,(H2,24,27)(H,25,26);3-10H2,1-2H3;10H,3-7H2,1-2H3,(H2,18,23)(H,19,20)(H,21,22);3-6H2,1-2H3,(H,17,18)(H,19,20). The zero-order valence-electron chi connectivity index (χ0n) is 61.6. The molecule has 2 rings (SSSR count). The van der Waals surface area contributed by atoms with Crippen molar-refractivity contribution >= 4 is 105 Å². The van der Waals surface area contributed by atoms with Crippen molar-refractivity contribution in [2.45, 2.75) is 264 Å². The molecule has 36 nitrogen and oxygen atoms in total. The van der Waals surface area contributed by atoms with Crippen molar-refractivity contribution in [3.8, 4) is 42.5 Å². The number of carbonyl (C=O) groups is 14. The number of hydrogen-bond acceptors (Lipinski definition) is 29. The first-order valence-corrected chi connectivity index (χ1v) is 36.2. The normalized spacial score (nSPS) is 16.8. The van der Waals surface area contributed by atoms with E-state index >= 15 is 0 Å². The second kappa shape index (κ2) is 49.3. The smallest absolute Gasteiger partial charge is 0.333 e. The number of carboxylic acid groups (broad SMARTS) is 5. The van der Waals surface area contributed by atoms with Crippen LogP contribution in [0.3, 0.4) is 0 Å². The SMILES string of the molecule is CC(C#N)(CCC(=O)O)CC(C(N)=O)C(C)(C#N)CCC(=O)O.CC(C#N)(CCC(=O)O)N=NC(C)(C#N)CCC(=O)O.CC(C#N)(CCC(=O)ON1C(=O)CCC1=O)N=NC(C)(C#N)CCC(=O)ON1C(=O)CCC1=O.CCCCCCCCCCCCSC(=O)SCC(C(N)=O)C(C)(C#N)CCC(=O)O. The van der Waals surface area contributed by atoms with E-state index in [0.717, 1.165) is 30.4 Å². The maximum atomic E-state index is 12.1. The first-order chi connectivity index (χ1) is 49.8. The highest BCUT2D eigenvalue weighted by atomic mass is 32.2. The lowest BCUT2D eigenvalue weighted by atomic mass is 9.66. The third-order valence-corrected chi connectivity index (χ3v) is 19.2. The minimum Gasteiger partial charge on any atom is -0.481 e. The molecule has 2 heterocycles. The Morgan fingerprint density at radius 2 is 0.710 bits per heavy atom. The van der Waals surface area contributed by atoms with Crippen LogP contribution in [0.15, 0.2) is 20.5 Å². The third kappa shape index (κ3) is 40.6. The molecular formula is C69H97N15O21S2. The largest absolute Gasteiger partial charge is 0.481 e. The molecule has 9 N–H and O–H groups in total. The van der Waals surface area contributed by atoms with Crippen LogP contribution in [0.1, 0.15) is 242 Å². The number of rotatable bonds is 46. The summed E-state index contributed by atoms with van der Waals surface area (Å²) in [4.78, 5) is 168. The van der Waals surface area contributed by atoms with Crippen molar-refractivity contribution in [3.05, 3.63) is 0 Å². The molecule has 2 fully saturated rings. The Labute approximate surface area is 629 Å². The first kappa shape index (κ1) is 98.6. The van der Waals surface area contributed by atoms with Crippen LogP contribution in [0.5, 0.6) is 0 Å². The average molecular weight is 1540 g/mol. The molecule has 0 bridgehead atoms. The number of primary amides is 2. The van der Waals surface area contributed by atoms with E-state index in [1.807, 2.05) is 42.5 Å². The molecule has 2 aliphatic heterocycles. The van der Waals surface area contributed by atoms with Crippen molar-refractivity contribution < 1.29 is 102 Å². The number of nitrogens with two attached hydrogens (primary N) is 2. The molecule has 2 saturated heterocycles. The molecule has 6 amide bonds. The van der Waals surface area contributed by atoms with E-state index in [9.17, 15) is 93.4 Å². The van der Waals surface area contributed by atoms with E-state index in [1.54, 1.807) is 0 Å². The molecule has 9 unspecified atom stereocenters. The van der Waals surface area contributed by atoms with Crippen LogP contribution >= 0.6 is 23.5 Å². The van der Waals surface area contributed by atoms with Gasteiger partial charge in [-0.1, -0.05) is 88.2 Å². The minimum atomic E-state index is -1.55. The lowest BCUT2D eigenvalue weighted by Crippen LogP contribution is -2.40. The van der Waals surface area contributed by atoms with Gasteiger partial charge in [-0.3, -0.25) is 57.5 Å². The fourth-order valence-electron chi connectivity index (χ4n) is 9.50. The maximum absolute atomic E-state index is 12.1. The van der Waals surface area contributed by atoms with Gasteiger partial charge >= 0.3 is 41.8 Å². The number of hydrogen-bond donors (Lipinski definition) is 7. The Kier molecular flexibility index (Phi) is 45.4. The van der Waals surface area contributed by atoms with E-state index in [2.05, 4.69) is 27.4 Å². The van der Waals surface area contributed by atoms with Crippen LogP contribution in [-0.4, -0.2) is 151 Å². The third-order valence-electron chi connectivity index (χ3n) is 17.0. The number of unbranched alkanes of at least 4 members (excludes halogenated alkanes) is 9. The van der Waals surface area contributed by atoms with Gasteiger partial charge in [0, 0.05) is 69.3 Å². The van der Waals surface area contributed by atoms with E-state index in [1.165, 1.54) is 112 Å². The van der Waals surface area contributed by atoms with Crippen LogP contribution in [-0.2, 0) is 72.0 Å². The number of hydroxylamine groups is 4.